The summed E-state index contributed by atoms with van der Waals surface area (Å²) < 4.78 is 0. The number of nitrogens with two attached hydrogens (primary N) is 2. The zero-order valence-corrected chi connectivity index (χ0v) is 6.80. The monoisotopic (exact) mass is 150 g/mol. The van der Waals surface area contributed by atoms with Gasteiger partial charge in [-0.3, -0.25) is 0 Å². The topological polar surface area (TPSA) is 52.0 Å². The molecule has 60 valence electrons. The molecule has 0 spiro atoms. The fourth-order valence-electron chi connectivity index (χ4n) is 1.18. The van der Waals surface area contributed by atoms with Crippen molar-refractivity contribution >= 4 is 0 Å². The van der Waals surface area contributed by atoms with Crippen LogP contribution in [0.2, 0.25) is 0 Å². The standard InChI is InChI=1S/C9H14N2/c1-7-8(5-10)3-2-4-9(7)6-11/h2-4H,5-6,10-11H2,1H3. The van der Waals surface area contributed by atoms with Gasteiger partial charge in [-0.05, 0) is 23.6 Å². The van der Waals surface area contributed by atoms with Crippen molar-refractivity contribution in [3.63, 3.8) is 0 Å². The molecule has 0 aliphatic rings. The van der Waals surface area contributed by atoms with Crippen molar-refractivity contribution in [2.45, 2.75) is 20.0 Å². The number of hydrogen-bond acceptors (Lipinski definition) is 2. The van der Waals surface area contributed by atoms with E-state index in [1.54, 1.807) is 0 Å². The molecule has 0 atom stereocenters. The summed E-state index contributed by atoms with van der Waals surface area (Å²) in [6.45, 7) is 3.25. The molecule has 2 nitrogen and oxygen atoms in total. The van der Waals surface area contributed by atoms with Gasteiger partial charge in [0.2, 0.25) is 0 Å². The van der Waals surface area contributed by atoms with Gasteiger partial charge in [0.1, 0.15) is 0 Å². The van der Waals surface area contributed by atoms with Crippen molar-refractivity contribution in [3.8, 4) is 0 Å². The van der Waals surface area contributed by atoms with Crippen molar-refractivity contribution in [1.82, 2.24) is 0 Å². The summed E-state index contributed by atoms with van der Waals surface area (Å²) in [6, 6.07) is 6.07. The Labute approximate surface area is 67.2 Å². The first-order chi connectivity index (χ1) is 5.29. The quantitative estimate of drug-likeness (QED) is 0.658. The minimum atomic E-state index is 0.597. The van der Waals surface area contributed by atoms with Gasteiger partial charge in [0.25, 0.3) is 0 Å². The van der Waals surface area contributed by atoms with E-state index in [4.69, 9.17) is 11.5 Å². The van der Waals surface area contributed by atoms with Crippen molar-refractivity contribution in [2.75, 3.05) is 0 Å². The first kappa shape index (κ1) is 8.24. The zero-order chi connectivity index (χ0) is 8.27. The van der Waals surface area contributed by atoms with Crippen LogP contribution in [0.3, 0.4) is 0 Å². The Balaban J connectivity index is 3.10. The molecule has 4 N–H and O–H groups in total. The van der Waals surface area contributed by atoms with Crippen molar-refractivity contribution in [1.29, 1.82) is 0 Å². The van der Waals surface area contributed by atoms with Crippen molar-refractivity contribution in [2.24, 2.45) is 11.5 Å². The van der Waals surface area contributed by atoms with E-state index in [0.717, 1.165) is 0 Å². The third kappa shape index (κ3) is 1.59. The second kappa shape index (κ2) is 3.51. The van der Waals surface area contributed by atoms with E-state index < -0.39 is 0 Å². The average molecular weight is 150 g/mol. The average Bonchev–Trinajstić information content (AvgIpc) is 2.05. The van der Waals surface area contributed by atoms with E-state index in [2.05, 4.69) is 6.92 Å². The van der Waals surface area contributed by atoms with Crippen LogP contribution < -0.4 is 11.5 Å². The summed E-state index contributed by atoms with van der Waals surface area (Å²) in [6.07, 6.45) is 0. The van der Waals surface area contributed by atoms with Crippen LogP contribution in [0.25, 0.3) is 0 Å². The van der Waals surface area contributed by atoms with Crippen molar-refractivity contribution in [3.05, 3.63) is 34.9 Å². The molecule has 1 aromatic rings. The van der Waals surface area contributed by atoms with Gasteiger partial charge in [0, 0.05) is 13.1 Å². The van der Waals surface area contributed by atoms with Gasteiger partial charge < -0.3 is 11.5 Å². The van der Waals surface area contributed by atoms with Crippen LogP contribution in [0, 0.1) is 6.92 Å². The maximum absolute atomic E-state index is 5.53. The molecule has 0 amide bonds. The highest BCUT2D eigenvalue weighted by molar-refractivity contribution is 5.33. The largest absolute Gasteiger partial charge is 0.326 e. The van der Waals surface area contributed by atoms with Gasteiger partial charge in [-0.25, -0.2) is 0 Å². The predicted molar refractivity (Wildman–Crippen MR) is 47.0 cm³/mol. The molecule has 0 aromatic heterocycles. The van der Waals surface area contributed by atoms with Gasteiger partial charge in [0.05, 0.1) is 0 Å². The van der Waals surface area contributed by atoms with E-state index in [9.17, 15) is 0 Å². The van der Waals surface area contributed by atoms with Gasteiger partial charge in [-0.1, -0.05) is 18.2 Å². The summed E-state index contributed by atoms with van der Waals surface area (Å²) >= 11 is 0. The Bertz CT molecular complexity index is 221. The fourth-order valence-corrected chi connectivity index (χ4v) is 1.18. The molecule has 0 saturated heterocycles. The summed E-state index contributed by atoms with van der Waals surface area (Å²) in [5.74, 6) is 0. The lowest BCUT2D eigenvalue weighted by Crippen LogP contribution is -2.04. The van der Waals surface area contributed by atoms with Crippen LogP contribution in [-0.4, -0.2) is 0 Å². The number of benzene rings is 1. The first-order valence-electron chi connectivity index (χ1n) is 3.77. The van der Waals surface area contributed by atoms with E-state index in [1.807, 2.05) is 18.2 Å². The Morgan fingerprint density at radius 2 is 1.55 bits per heavy atom. The van der Waals surface area contributed by atoms with Crippen LogP contribution in [0.1, 0.15) is 16.7 Å². The SMILES string of the molecule is Cc1c(CN)cccc1CN. The zero-order valence-electron chi connectivity index (χ0n) is 6.80. The third-order valence-corrected chi connectivity index (χ3v) is 2.00. The predicted octanol–water partition coefficient (Wildman–Crippen LogP) is 0.912. The summed E-state index contributed by atoms with van der Waals surface area (Å²) in [5.41, 5.74) is 14.7. The molecule has 1 rings (SSSR count). The van der Waals surface area contributed by atoms with E-state index >= 15 is 0 Å². The highest BCUT2D eigenvalue weighted by atomic mass is 14.5. The lowest BCUT2D eigenvalue weighted by Gasteiger charge is -2.06. The van der Waals surface area contributed by atoms with Crippen LogP contribution in [0.5, 0.6) is 0 Å². The molecular weight excluding hydrogens is 136 g/mol. The summed E-state index contributed by atoms with van der Waals surface area (Å²) in [4.78, 5) is 0. The second-order valence-electron chi connectivity index (χ2n) is 2.61. The smallest absolute Gasteiger partial charge is 0.0180 e. The molecular formula is C9H14N2. The molecule has 0 bridgehead atoms. The summed E-state index contributed by atoms with van der Waals surface area (Å²) in [7, 11) is 0. The van der Waals surface area contributed by atoms with Gasteiger partial charge in [-0.2, -0.15) is 0 Å². The lowest BCUT2D eigenvalue weighted by atomic mass is 10.0. The Hall–Kier alpha value is -0.860. The molecule has 0 aliphatic heterocycles. The van der Waals surface area contributed by atoms with Crippen molar-refractivity contribution < 1.29 is 0 Å². The minimum Gasteiger partial charge on any atom is -0.326 e. The van der Waals surface area contributed by atoms with E-state index in [1.165, 1.54) is 16.7 Å². The highest BCUT2D eigenvalue weighted by Crippen LogP contribution is 2.11. The highest BCUT2D eigenvalue weighted by Gasteiger charge is 1.99. The Kier molecular flexibility index (Phi) is 2.63. The Morgan fingerprint density at radius 1 is 1.09 bits per heavy atom. The van der Waals surface area contributed by atoms with Gasteiger partial charge >= 0.3 is 0 Å². The van der Waals surface area contributed by atoms with Crippen LogP contribution in [-0.2, 0) is 13.1 Å². The molecule has 2 heteroatoms. The van der Waals surface area contributed by atoms with E-state index in [-0.39, 0.29) is 0 Å². The lowest BCUT2D eigenvalue weighted by molar-refractivity contribution is 0.995. The summed E-state index contributed by atoms with van der Waals surface area (Å²) in [5, 5.41) is 0. The molecule has 0 saturated carbocycles. The third-order valence-electron chi connectivity index (χ3n) is 2.00. The molecule has 1 aromatic carbocycles. The maximum atomic E-state index is 5.53. The fraction of sp³-hybridized carbons (Fsp3) is 0.333. The van der Waals surface area contributed by atoms with Gasteiger partial charge in [-0.15, -0.1) is 0 Å². The van der Waals surface area contributed by atoms with Crippen LogP contribution in [0.15, 0.2) is 18.2 Å². The molecule has 0 heterocycles. The molecule has 0 radical (unpaired) electrons. The molecule has 0 aliphatic carbocycles. The second-order valence-corrected chi connectivity index (χ2v) is 2.61. The minimum absolute atomic E-state index is 0.597. The normalized spacial score (nSPS) is 10.1. The number of hydrogen-bond donors (Lipinski definition) is 2. The Morgan fingerprint density at radius 3 is 1.91 bits per heavy atom. The van der Waals surface area contributed by atoms with Crippen LogP contribution >= 0.6 is 0 Å². The molecule has 11 heavy (non-hydrogen) atoms. The van der Waals surface area contributed by atoms with E-state index in [0.29, 0.717) is 13.1 Å². The molecule has 0 unspecified atom stereocenters. The number of rotatable bonds is 2. The maximum Gasteiger partial charge on any atom is 0.0180 e. The van der Waals surface area contributed by atoms with Gasteiger partial charge in [0.15, 0.2) is 0 Å². The molecule has 0 fully saturated rings. The first-order valence-corrected chi connectivity index (χ1v) is 3.77. The van der Waals surface area contributed by atoms with Crippen LogP contribution in [0.4, 0.5) is 0 Å².